The predicted octanol–water partition coefficient (Wildman–Crippen LogP) is 6.22. The minimum absolute atomic E-state index is 0.543. The maximum atomic E-state index is 5.98. The Morgan fingerprint density at radius 3 is 2.34 bits per heavy atom. The van der Waals surface area contributed by atoms with Crippen LogP contribution >= 0.6 is 0 Å². The molecule has 0 aliphatic rings. The molecule has 148 valence electrons. The molecular formula is C26H28N2O. The van der Waals surface area contributed by atoms with Crippen molar-refractivity contribution in [1.29, 1.82) is 0 Å². The van der Waals surface area contributed by atoms with Crippen LogP contribution in [0.3, 0.4) is 0 Å². The van der Waals surface area contributed by atoms with Crippen LogP contribution in [0.15, 0.2) is 78.9 Å². The first-order valence-electron chi connectivity index (χ1n) is 10.4. The van der Waals surface area contributed by atoms with Gasteiger partial charge in [0.1, 0.15) is 11.6 Å². The number of aryl methyl sites for hydroxylation is 1. The summed E-state index contributed by atoms with van der Waals surface area (Å²) in [4.78, 5) is 4.89. The van der Waals surface area contributed by atoms with E-state index in [0.717, 1.165) is 36.5 Å². The summed E-state index contributed by atoms with van der Waals surface area (Å²) in [6.45, 7) is 6.00. The molecule has 0 saturated heterocycles. The largest absolute Gasteiger partial charge is 0.494 e. The average molecular weight is 385 g/mol. The normalized spacial score (nSPS) is 11.3. The van der Waals surface area contributed by atoms with Gasteiger partial charge in [0.15, 0.2) is 0 Å². The third-order valence-electron chi connectivity index (χ3n) is 5.28. The van der Waals surface area contributed by atoms with Crippen molar-refractivity contribution in [2.24, 2.45) is 0 Å². The van der Waals surface area contributed by atoms with E-state index in [2.05, 4.69) is 97.3 Å². The van der Waals surface area contributed by atoms with Crippen LogP contribution in [0.25, 0.3) is 11.0 Å². The zero-order valence-corrected chi connectivity index (χ0v) is 17.2. The second kappa shape index (κ2) is 8.95. The summed E-state index contributed by atoms with van der Waals surface area (Å²) < 4.78 is 8.32. The Bertz CT molecular complexity index is 1050. The number of benzene rings is 3. The highest BCUT2D eigenvalue weighted by molar-refractivity contribution is 5.76. The van der Waals surface area contributed by atoms with Gasteiger partial charge in [0.2, 0.25) is 0 Å². The zero-order valence-electron chi connectivity index (χ0n) is 17.2. The quantitative estimate of drug-likeness (QED) is 0.337. The highest BCUT2D eigenvalue weighted by Gasteiger charge is 2.11. The molecule has 3 aromatic carbocycles. The lowest BCUT2D eigenvalue weighted by molar-refractivity contribution is 0.302. The number of hydrogen-bond donors (Lipinski definition) is 0. The van der Waals surface area contributed by atoms with Crippen molar-refractivity contribution in [3.8, 4) is 5.75 Å². The first kappa shape index (κ1) is 19.3. The molecule has 0 fully saturated rings. The minimum Gasteiger partial charge on any atom is -0.494 e. The molecule has 0 N–H and O–H groups in total. The molecule has 1 aromatic heterocycles. The molecule has 4 rings (SSSR count). The minimum atomic E-state index is 0.543. The van der Waals surface area contributed by atoms with Gasteiger partial charge in [-0.3, -0.25) is 0 Å². The van der Waals surface area contributed by atoms with Gasteiger partial charge in [-0.05, 0) is 47.7 Å². The summed E-state index contributed by atoms with van der Waals surface area (Å²) in [7, 11) is 0. The van der Waals surface area contributed by atoms with Crippen LogP contribution in [0.2, 0.25) is 0 Å². The van der Waals surface area contributed by atoms with Crippen molar-refractivity contribution in [2.45, 2.75) is 39.2 Å². The third-order valence-corrected chi connectivity index (χ3v) is 5.28. The van der Waals surface area contributed by atoms with Gasteiger partial charge >= 0.3 is 0 Å². The van der Waals surface area contributed by atoms with Gasteiger partial charge in [0, 0.05) is 13.0 Å². The number of imidazole rings is 1. The number of rotatable bonds is 8. The molecule has 0 radical (unpaired) electrons. The Labute approximate surface area is 173 Å². The molecule has 0 aliphatic carbocycles. The van der Waals surface area contributed by atoms with Crippen molar-refractivity contribution >= 4 is 11.0 Å². The average Bonchev–Trinajstić information content (AvgIpc) is 3.09. The fraction of sp³-hybridized carbons (Fsp3) is 0.269. The van der Waals surface area contributed by atoms with Gasteiger partial charge in [0.05, 0.1) is 17.6 Å². The molecule has 0 spiro atoms. The first-order chi connectivity index (χ1) is 14.2. The van der Waals surface area contributed by atoms with E-state index < -0.39 is 0 Å². The number of nitrogens with zero attached hydrogens (tertiary/aromatic N) is 2. The highest BCUT2D eigenvalue weighted by atomic mass is 16.5. The Morgan fingerprint density at radius 1 is 0.862 bits per heavy atom. The lowest BCUT2D eigenvalue weighted by atomic mass is 10.0. The van der Waals surface area contributed by atoms with Crippen LogP contribution in [0, 0.1) is 0 Å². The zero-order chi connectivity index (χ0) is 20.1. The SMILES string of the molecule is CC(C)c1ccc(OCCCn2c(Cc3ccccc3)nc3ccccc32)cc1. The molecular weight excluding hydrogens is 356 g/mol. The van der Waals surface area contributed by atoms with Gasteiger partial charge in [-0.2, -0.15) is 0 Å². The van der Waals surface area contributed by atoms with Gasteiger partial charge in [-0.25, -0.2) is 4.98 Å². The van der Waals surface area contributed by atoms with Gasteiger partial charge < -0.3 is 9.30 Å². The Kier molecular flexibility index (Phi) is 5.95. The van der Waals surface area contributed by atoms with Crippen LogP contribution in [-0.2, 0) is 13.0 Å². The van der Waals surface area contributed by atoms with Crippen LogP contribution in [-0.4, -0.2) is 16.2 Å². The molecule has 0 saturated carbocycles. The Balaban J connectivity index is 1.43. The van der Waals surface area contributed by atoms with E-state index in [1.807, 2.05) is 0 Å². The van der Waals surface area contributed by atoms with E-state index in [1.54, 1.807) is 0 Å². The molecule has 4 aromatic rings. The standard InChI is InChI=1S/C26H28N2O/c1-20(2)22-13-15-23(16-14-22)29-18-8-17-28-25-12-7-6-11-24(25)27-26(28)19-21-9-4-3-5-10-21/h3-7,9-16,20H,8,17-19H2,1-2H3. The number of fused-ring (bicyclic) bond motifs is 1. The van der Waals surface area contributed by atoms with E-state index in [-0.39, 0.29) is 0 Å². The summed E-state index contributed by atoms with van der Waals surface area (Å²) >= 11 is 0. The van der Waals surface area contributed by atoms with E-state index in [0.29, 0.717) is 12.5 Å². The summed E-state index contributed by atoms with van der Waals surface area (Å²) in [5.74, 6) is 2.59. The lowest BCUT2D eigenvalue weighted by Crippen LogP contribution is -2.08. The number of ether oxygens (including phenoxy) is 1. The fourth-order valence-electron chi connectivity index (χ4n) is 3.65. The van der Waals surface area contributed by atoms with Crippen molar-refractivity contribution in [3.63, 3.8) is 0 Å². The van der Waals surface area contributed by atoms with E-state index >= 15 is 0 Å². The summed E-state index contributed by atoms with van der Waals surface area (Å²) in [5.41, 5.74) is 4.88. The Morgan fingerprint density at radius 2 is 1.59 bits per heavy atom. The molecule has 3 heteroatoms. The van der Waals surface area contributed by atoms with E-state index in [9.17, 15) is 0 Å². The molecule has 0 amide bonds. The fourth-order valence-corrected chi connectivity index (χ4v) is 3.65. The van der Waals surface area contributed by atoms with E-state index in [4.69, 9.17) is 9.72 Å². The third kappa shape index (κ3) is 4.68. The topological polar surface area (TPSA) is 27.1 Å². The summed E-state index contributed by atoms with van der Waals surface area (Å²) in [6, 6.07) is 27.4. The maximum absolute atomic E-state index is 5.98. The highest BCUT2D eigenvalue weighted by Crippen LogP contribution is 2.21. The lowest BCUT2D eigenvalue weighted by Gasteiger charge is -2.11. The van der Waals surface area contributed by atoms with Crippen molar-refractivity contribution in [1.82, 2.24) is 9.55 Å². The molecule has 1 heterocycles. The molecule has 0 bridgehead atoms. The Hall–Kier alpha value is -3.07. The maximum Gasteiger partial charge on any atom is 0.119 e. The second-order valence-electron chi connectivity index (χ2n) is 7.76. The van der Waals surface area contributed by atoms with Crippen LogP contribution in [0.1, 0.15) is 43.1 Å². The molecule has 0 atom stereocenters. The van der Waals surface area contributed by atoms with Crippen molar-refractivity contribution in [2.75, 3.05) is 6.61 Å². The van der Waals surface area contributed by atoms with Crippen LogP contribution in [0.5, 0.6) is 5.75 Å². The van der Waals surface area contributed by atoms with Gasteiger partial charge in [-0.15, -0.1) is 0 Å². The van der Waals surface area contributed by atoms with Crippen LogP contribution in [0.4, 0.5) is 0 Å². The number of hydrogen-bond acceptors (Lipinski definition) is 2. The smallest absolute Gasteiger partial charge is 0.119 e. The summed E-state index contributed by atoms with van der Waals surface area (Å²) in [5, 5.41) is 0. The first-order valence-corrected chi connectivity index (χ1v) is 10.4. The molecule has 29 heavy (non-hydrogen) atoms. The summed E-state index contributed by atoms with van der Waals surface area (Å²) in [6.07, 6.45) is 1.78. The van der Waals surface area contributed by atoms with Crippen molar-refractivity contribution < 1.29 is 4.74 Å². The number of aromatic nitrogens is 2. The molecule has 0 unspecified atom stereocenters. The van der Waals surface area contributed by atoms with Crippen molar-refractivity contribution in [3.05, 3.63) is 95.8 Å². The number of para-hydroxylation sites is 2. The molecule has 3 nitrogen and oxygen atoms in total. The van der Waals surface area contributed by atoms with Crippen LogP contribution < -0.4 is 4.74 Å². The predicted molar refractivity (Wildman–Crippen MR) is 120 cm³/mol. The second-order valence-corrected chi connectivity index (χ2v) is 7.76. The monoisotopic (exact) mass is 384 g/mol. The van der Waals surface area contributed by atoms with Gasteiger partial charge in [-0.1, -0.05) is 68.4 Å². The van der Waals surface area contributed by atoms with Gasteiger partial charge in [0.25, 0.3) is 0 Å². The molecule has 0 aliphatic heterocycles. The van der Waals surface area contributed by atoms with E-state index in [1.165, 1.54) is 16.6 Å².